The van der Waals surface area contributed by atoms with Gasteiger partial charge in [0.2, 0.25) is 0 Å². The summed E-state index contributed by atoms with van der Waals surface area (Å²) >= 11 is 5.91. The zero-order valence-electron chi connectivity index (χ0n) is 13.3. The topological polar surface area (TPSA) is 64.6 Å². The molecule has 126 valence electrons. The van der Waals surface area contributed by atoms with Crippen molar-refractivity contribution >= 4 is 23.5 Å². The molecule has 0 spiro atoms. The molecule has 0 saturated carbocycles. The first kappa shape index (κ1) is 17.8. The smallest absolute Gasteiger partial charge is 0.337 e. The molecule has 0 unspecified atom stereocenters. The molecule has 6 heteroatoms. The molecule has 24 heavy (non-hydrogen) atoms. The monoisotopic (exact) mass is 347 g/mol. The van der Waals surface area contributed by atoms with Gasteiger partial charge in [0.1, 0.15) is 5.75 Å². The highest BCUT2D eigenvalue weighted by molar-refractivity contribution is 6.30. The third-order valence-electron chi connectivity index (χ3n) is 3.27. The van der Waals surface area contributed by atoms with Crippen LogP contribution in [0.3, 0.4) is 0 Å². The molecule has 0 radical (unpaired) electrons. The highest BCUT2D eigenvalue weighted by Crippen LogP contribution is 2.13. The minimum absolute atomic E-state index is 0.0902. The van der Waals surface area contributed by atoms with E-state index in [0.29, 0.717) is 29.3 Å². The molecule has 0 fully saturated rings. The SMILES string of the molecule is COC(=O)c1ccc(OCC(=O)NCCc2cccc(Cl)c2)cc1. The van der Waals surface area contributed by atoms with Crippen LogP contribution in [0.15, 0.2) is 48.5 Å². The van der Waals surface area contributed by atoms with Crippen molar-refractivity contribution in [1.82, 2.24) is 5.32 Å². The number of rotatable bonds is 7. The number of methoxy groups -OCH3 is 1. The molecule has 0 bridgehead atoms. The highest BCUT2D eigenvalue weighted by Gasteiger charge is 2.06. The van der Waals surface area contributed by atoms with E-state index in [2.05, 4.69) is 10.1 Å². The molecule has 5 nitrogen and oxygen atoms in total. The fourth-order valence-electron chi connectivity index (χ4n) is 2.04. The predicted octanol–water partition coefficient (Wildman–Crippen LogP) is 2.86. The average molecular weight is 348 g/mol. The van der Waals surface area contributed by atoms with Crippen LogP contribution in [0.1, 0.15) is 15.9 Å². The Balaban J connectivity index is 1.72. The summed E-state index contributed by atoms with van der Waals surface area (Å²) in [5, 5.41) is 3.46. The van der Waals surface area contributed by atoms with E-state index in [9.17, 15) is 9.59 Å². The van der Waals surface area contributed by atoms with Crippen molar-refractivity contribution in [3.05, 3.63) is 64.7 Å². The number of hydrogen-bond donors (Lipinski definition) is 1. The first-order valence-electron chi connectivity index (χ1n) is 7.41. The first-order chi connectivity index (χ1) is 11.6. The Bertz CT molecular complexity index is 700. The van der Waals surface area contributed by atoms with Gasteiger partial charge in [0.25, 0.3) is 5.91 Å². The van der Waals surface area contributed by atoms with Gasteiger partial charge < -0.3 is 14.8 Å². The average Bonchev–Trinajstić information content (AvgIpc) is 2.60. The number of esters is 1. The molecule has 0 aliphatic rings. The molecule has 0 aliphatic heterocycles. The van der Waals surface area contributed by atoms with Gasteiger partial charge in [-0.05, 0) is 48.4 Å². The van der Waals surface area contributed by atoms with E-state index < -0.39 is 5.97 Å². The Kier molecular flexibility index (Phi) is 6.63. The first-order valence-corrected chi connectivity index (χ1v) is 7.78. The normalized spacial score (nSPS) is 10.1. The number of benzene rings is 2. The van der Waals surface area contributed by atoms with Gasteiger partial charge in [0.15, 0.2) is 6.61 Å². The Morgan fingerprint density at radius 1 is 1.12 bits per heavy atom. The van der Waals surface area contributed by atoms with Crippen LogP contribution >= 0.6 is 11.6 Å². The summed E-state index contributed by atoms with van der Waals surface area (Å²) in [6, 6.07) is 13.9. The fraction of sp³-hybridized carbons (Fsp3) is 0.222. The maximum absolute atomic E-state index is 11.8. The summed E-state index contributed by atoms with van der Waals surface area (Å²) in [7, 11) is 1.32. The third kappa shape index (κ3) is 5.59. The number of hydrogen-bond acceptors (Lipinski definition) is 4. The highest BCUT2D eigenvalue weighted by atomic mass is 35.5. The zero-order chi connectivity index (χ0) is 17.4. The molecule has 1 amide bonds. The third-order valence-corrected chi connectivity index (χ3v) is 3.51. The van der Waals surface area contributed by atoms with Gasteiger partial charge in [-0.25, -0.2) is 4.79 Å². The summed E-state index contributed by atoms with van der Waals surface area (Å²) in [4.78, 5) is 23.1. The van der Waals surface area contributed by atoms with Crippen LogP contribution in [0.2, 0.25) is 5.02 Å². The number of carbonyl (C=O) groups excluding carboxylic acids is 2. The van der Waals surface area contributed by atoms with E-state index in [1.807, 2.05) is 24.3 Å². The van der Waals surface area contributed by atoms with E-state index in [4.69, 9.17) is 16.3 Å². The molecule has 0 heterocycles. The van der Waals surface area contributed by atoms with Crippen molar-refractivity contribution in [1.29, 1.82) is 0 Å². The van der Waals surface area contributed by atoms with Crippen molar-refractivity contribution in [3.8, 4) is 5.75 Å². The molecular weight excluding hydrogens is 330 g/mol. The number of amides is 1. The van der Waals surface area contributed by atoms with Crippen LogP contribution in [0.25, 0.3) is 0 Å². The molecule has 0 aromatic heterocycles. The second kappa shape index (κ2) is 8.93. The van der Waals surface area contributed by atoms with Crippen LogP contribution in [0.5, 0.6) is 5.75 Å². The largest absolute Gasteiger partial charge is 0.484 e. The summed E-state index contributed by atoms with van der Waals surface area (Å²) in [5.74, 6) is -0.123. The Labute approximate surface area is 145 Å². The lowest BCUT2D eigenvalue weighted by molar-refractivity contribution is -0.123. The van der Waals surface area contributed by atoms with Crippen LogP contribution in [-0.4, -0.2) is 32.1 Å². The summed E-state index contributed by atoms with van der Waals surface area (Å²) in [5.41, 5.74) is 1.48. The molecule has 2 aromatic rings. The van der Waals surface area contributed by atoms with Gasteiger partial charge in [0, 0.05) is 11.6 Å². The second-order valence-corrected chi connectivity index (χ2v) is 5.47. The van der Waals surface area contributed by atoms with E-state index in [1.54, 1.807) is 24.3 Å². The van der Waals surface area contributed by atoms with Gasteiger partial charge in [0.05, 0.1) is 12.7 Å². The minimum Gasteiger partial charge on any atom is -0.484 e. The van der Waals surface area contributed by atoms with E-state index in [1.165, 1.54) is 7.11 Å². The molecule has 0 aliphatic carbocycles. The molecule has 2 rings (SSSR count). The van der Waals surface area contributed by atoms with Crippen LogP contribution in [-0.2, 0) is 16.0 Å². The van der Waals surface area contributed by atoms with Crippen LogP contribution in [0, 0.1) is 0 Å². The summed E-state index contributed by atoms with van der Waals surface area (Å²) < 4.78 is 9.98. The van der Waals surface area contributed by atoms with Gasteiger partial charge in [-0.3, -0.25) is 4.79 Å². The predicted molar refractivity (Wildman–Crippen MR) is 91.4 cm³/mol. The van der Waals surface area contributed by atoms with E-state index in [0.717, 1.165) is 5.56 Å². The lowest BCUT2D eigenvalue weighted by Gasteiger charge is -2.08. The lowest BCUT2D eigenvalue weighted by atomic mass is 10.1. The standard InChI is InChI=1S/C18H18ClNO4/c1-23-18(22)14-5-7-16(8-6-14)24-12-17(21)20-10-9-13-3-2-4-15(19)11-13/h2-8,11H,9-10,12H2,1H3,(H,20,21). The van der Waals surface area contributed by atoms with Crippen molar-refractivity contribution in [2.24, 2.45) is 0 Å². The second-order valence-electron chi connectivity index (χ2n) is 5.03. The Hall–Kier alpha value is -2.53. The number of carbonyl (C=O) groups is 2. The molecule has 1 N–H and O–H groups in total. The summed E-state index contributed by atoms with van der Waals surface area (Å²) in [6.07, 6.45) is 0.695. The number of ether oxygens (including phenoxy) is 2. The maximum atomic E-state index is 11.8. The quantitative estimate of drug-likeness (QED) is 0.782. The Morgan fingerprint density at radius 3 is 2.54 bits per heavy atom. The lowest BCUT2D eigenvalue weighted by Crippen LogP contribution is -2.30. The molecule has 2 aromatic carbocycles. The zero-order valence-corrected chi connectivity index (χ0v) is 14.0. The van der Waals surface area contributed by atoms with Gasteiger partial charge in [-0.15, -0.1) is 0 Å². The van der Waals surface area contributed by atoms with Crippen molar-refractivity contribution in [2.75, 3.05) is 20.3 Å². The van der Waals surface area contributed by atoms with Gasteiger partial charge >= 0.3 is 5.97 Å². The van der Waals surface area contributed by atoms with Crippen LogP contribution in [0.4, 0.5) is 0 Å². The van der Waals surface area contributed by atoms with Crippen molar-refractivity contribution in [2.45, 2.75) is 6.42 Å². The molecule has 0 atom stereocenters. The van der Waals surface area contributed by atoms with E-state index >= 15 is 0 Å². The van der Waals surface area contributed by atoms with Crippen molar-refractivity contribution < 1.29 is 19.1 Å². The Morgan fingerprint density at radius 2 is 1.88 bits per heavy atom. The van der Waals surface area contributed by atoms with E-state index in [-0.39, 0.29) is 12.5 Å². The van der Waals surface area contributed by atoms with Gasteiger partial charge in [-0.2, -0.15) is 0 Å². The van der Waals surface area contributed by atoms with Crippen LogP contribution < -0.4 is 10.1 Å². The minimum atomic E-state index is -0.416. The summed E-state index contributed by atoms with van der Waals surface area (Å²) in [6.45, 7) is 0.414. The fourth-order valence-corrected chi connectivity index (χ4v) is 2.26. The number of nitrogens with one attached hydrogen (secondary N) is 1. The maximum Gasteiger partial charge on any atom is 0.337 e. The number of halogens is 1. The molecule has 0 saturated heterocycles. The van der Waals surface area contributed by atoms with Gasteiger partial charge in [-0.1, -0.05) is 23.7 Å². The van der Waals surface area contributed by atoms with Crippen molar-refractivity contribution in [3.63, 3.8) is 0 Å². The molecular formula is C18H18ClNO4.